The van der Waals surface area contributed by atoms with Gasteiger partial charge in [0.2, 0.25) is 0 Å². The summed E-state index contributed by atoms with van der Waals surface area (Å²) in [4.78, 5) is 11.4. The predicted molar refractivity (Wildman–Crippen MR) is 84.8 cm³/mol. The molecule has 20 heavy (non-hydrogen) atoms. The van der Waals surface area contributed by atoms with Gasteiger partial charge in [0.05, 0.1) is 13.2 Å². The molecule has 1 aliphatic rings. The van der Waals surface area contributed by atoms with Crippen molar-refractivity contribution in [2.24, 2.45) is 5.92 Å². The maximum atomic E-state index is 11.4. The van der Waals surface area contributed by atoms with Crippen LogP contribution in [-0.4, -0.2) is 19.0 Å². The Morgan fingerprint density at radius 1 is 1.30 bits per heavy atom. The third-order valence-electron chi connectivity index (χ3n) is 3.90. The molecule has 0 aromatic carbocycles. The van der Waals surface area contributed by atoms with Crippen LogP contribution in [0.25, 0.3) is 0 Å². The zero-order valence-electron chi connectivity index (χ0n) is 13.5. The Balaban J connectivity index is 2.73. The van der Waals surface area contributed by atoms with Crippen molar-refractivity contribution in [2.75, 3.05) is 13.2 Å². The minimum atomic E-state index is 0.263. The lowest BCUT2D eigenvalue weighted by Gasteiger charge is -2.16. The molecule has 2 nitrogen and oxygen atoms in total. The third kappa shape index (κ3) is 6.04. The first-order valence-corrected chi connectivity index (χ1v) is 7.97. The van der Waals surface area contributed by atoms with Gasteiger partial charge < -0.3 is 9.53 Å². The molecule has 2 heteroatoms. The average molecular weight is 278 g/mol. The molecule has 0 radical (unpaired) electrons. The molecule has 0 aromatic heterocycles. The van der Waals surface area contributed by atoms with E-state index in [-0.39, 0.29) is 5.78 Å². The van der Waals surface area contributed by atoms with Gasteiger partial charge in [0.15, 0.2) is 0 Å². The lowest BCUT2D eigenvalue weighted by atomic mass is 9.88. The fourth-order valence-corrected chi connectivity index (χ4v) is 2.94. The van der Waals surface area contributed by atoms with Crippen molar-refractivity contribution in [3.05, 3.63) is 23.3 Å². The molecule has 1 saturated heterocycles. The Labute approximate surface area is 124 Å². The van der Waals surface area contributed by atoms with E-state index in [1.54, 1.807) is 6.92 Å². The van der Waals surface area contributed by atoms with Gasteiger partial charge in [-0.1, -0.05) is 43.9 Å². The minimum Gasteiger partial charge on any atom is -0.376 e. The Hall–Kier alpha value is -0.890. The van der Waals surface area contributed by atoms with Crippen molar-refractivity contribution in [1.82, 2.24) is 0 Å². The lowest BCUT2D eigenvalue weighted by Crippen LogP contribution is -2.10. The molecule has 1 heterocycles. The number of hydrogen-bond acceptors (Lipinski definition) is 2. The van der Waals surface area contributed by atoms with E-state index >= 15 is 0 Å². The van der Waals surface area contributed by atoms with E-state index in [2.05, 4.69) is 20.4 Å². The Morgan fingerprint density at radius 2 is 2.05 bits per heavy atom. The van der Waals surface area contributed by atoms with E-state index in [1.165, 1.54) is 42.4 Å². The van der Waals surface area contributed by atoms with Gasteiger partial charge in [-0.25, -0.2) is 0 Å². The number of rotatable bonds is 9. The van der Waals surface area contributed by atoms with Crippen molar-refractivity contribution in [1.29, 1.82) is 0 Å². The smallest absolute Gasteiger partial charge is 0.130 e. The molecule has 0 spiro atoms. The largest absolute Gasteiger partial charge is 0.376 e. The minimum absolute atomic E-state index is 0.263. The summed E-state index contributed by atoms with van der Waals surface area (Å²) in [5.74, 6) is 0.576. The van der Waals surface area contributed by atoms with Gasteiger partial charge >= 0.3 is 0 Å². The topological polar surface area (TPSA) is 26.3 Å². The molecule has 1 fully saturated rings. The van der Waals surface area contributed by atoms with Crippen molar-refractivity contribution in [2.45, 2.75) is 65.7 Å². The van der Waals surface area contributed by atoms with E-state index in [9.17, 15) is 4.79 Å². The Bertz CT molecular complexity index is 366. The van der Waals surface area contributed by atoms with Crippen LogP contribution in [0.1, 0.15) is 65.7 Å². The fourth-order valence-electron chi connectivity index (χ4n) is 2.94. The molecule has 0 bridgehead atoms. The molecule has 114 valence electrons. The number of carbonyl (C=O) groups is 1. The summed E-state index contributed by atoms with van der Waals surface area (Å²) in [6, 6.07) is 0. The van der Waals surface area contributed by atoms with E-state index in [1.807, 2.05) is 0 Å². The van der Waals surface area contributed by atoms with Gasteiger partial charge in [0.25, 0.3) is 0 Å². The van der Waals surface area contributed by atoms with Gasteiger partial charge in [-0.3, -0.25) is 0 Å². The second kappa shape index (κ2) is 9.12. The van der Waals surface area contributed by atoms with Crippen LogP contribution < -0.4 is 0 Å². The number of Topliss-reactive ketones (excluding diaryl/α,β-unsaturated/α-hetero) is 1. The first-order valence-electron chi connectivity index (χ1n) is 7.97. The predicted octanol–water partition coefficient (Wildman–Crippen LogP) is 4.85. The molecular weight excluding hydrogens is 248 g/mol. The third-order valence-corrected chi connectivity index (χ3v) is 3.90. The van der Waals surface area contributed by atoms with Crippen molar-refractivity contribution in [3.8, 4) is 0 Å². The van der Waals surface area contributed by atoms with Crippen LogP contribution in [0, 0.1) is 5.92 Å². The summed E-state index contributed by atoms with van der Waals surface area (Å²) in [6.07, 6.45) is 7.85. The highest BCUT2D eigenvalue weighted by Gasteiger charge is 2.25. The van der Waals surface area contributed by atoms with Crippen LogP contribution in [0.3, 0.4) is 0 Å². The number of ether oxygens (including phenoxy) is 1. The second-order valence-corrected chi connectivity index (χ2v) is 6.19. The van der Waals surface area contributed by atoms with E-state index < -0.39 is 0 Å². The Kier molecular flexibility index (Phi) is 7.83. The molecule has 0 N–H and O–H groups in total. The Morgan fingerprint density at radius 3 is 2.65 bits per heavy atom. The van der Waals surface area contributed by atoms with Crippen LogP contribution in [-0.2, 0) is 9.53 Å². The number of hydrogen-bond donors (Lipinski definition) is 0. The molecule has 0 aromatic rings. The van der Waals surface area contributed by atoms with Crippen LogP contribution in [0.4, 0.5) is 0 Å². The molecule has 1 unspecified atom stereocenters. The van der Waals surface area contributed by atoms with Crippen molar-refractivity contribution < 1.29 is 9.53 Å². The molecule has 0 saturated carbocycles. The summed E-state index contributed by atoms with van der Waals surface area (Å²) < 4.78 is 5.62. The summed E-state index contributed by atoms with van der Waals surface area (Å²) in [5, 5.41) is 0. The number of allylic oxidation sites excluding steroid dienone is 2. The van der Waals surface area contributed by atoms with E-state index in [0.29, 0.717) is 25.6 Å². The average Bonchev–Trinajstić information content (AvgIpc) is 2.80. The SMILES string of the molecule is C=C(C)C/C(CCCCCC)=C1/COCC1CC(C)=O. The number of unbranched alkanes of at least 4 members (excludes halogenated alkanes) is 3. The van der Waals surface area contributed by atoms with Crippen LogP contribution in [0.5, 0.6) is 0 Å². The highest BCUT2D eigenvalue weighted by Crippen LogP contribution is 2.31. The zero-order chi connectivity index (χ0) is 15.0. The molecule has 1 aliphatic heterocycles. The molecule has 0 amide bonds. The van der Waals surface area contributed by atoms with E-state index in [0.717, 1.165) is 12.8 Å². The zero-order valence-corrected chi connectivity index (χ0v) is 13.5. The summed E-state index contributed by atoms with van der Waals surface area (Å²) in [6.45, 7) is 11.5. The van der Waals surface area contributed by atoms with Crippen molar-refractivity contribution >= 4 is 5.78 Å². The van der Waals surface area contributed by atoms with Crippen molar-refractivity contribution in [3.63, 3.8) is 0 Å². The lowest BCUT2D eigenvalue weighted by molar-refractivity contribution is -0.117. The molecular formula is C18H30O2. The van der Waals surface area contributed by atoms with Gasteiger partial charge in [0.1, 0.15) is 5.78 Å². The maximum absolute atomic E-state index is 11.4. The molecule has 0 aliphatic carbocycles. The van der Waals surface area contributed by atoms with Gasteiger partial charge in [-0.15, -0.1) is 0 Å². The quantitative estimate of drug-likeness (QED) is 0.445. The molecule has 1 rings (SSSR count). The fraction of sp³-hybridized carbons (Fsp3) is 0.722. The monoisotopic (exact) mass is 278 g/mol. The van der Waals surface area contributed by atoms with Gasteiger partial charge in [0, 0.05) is 12.3 Å². The van der Waals surface area contributed by atoms with E-state index in [4.69, 9.17) is 4.74 Å². The first kappa shape index (κ1) is 17.2. The van der Waals surface area contributed by atoms with Gasteiger partial charge in [-0.05, 0) is 38.7 Å². The first-order chi connectivity index (χ1) is 9.54. The van der Waals surface area contributed by atoms with Crippen LogP contribution >= 0.6 is 0 Å². The second-order valence-electron chi connectivity index (χ2n) is 6.19. The summed E-state index contributed by atoms with van der Waals surface area (Å²) in [7, 11) is 0. The van der Waals surface area contributed by atoms with Crippen LogP contribution in [0.15, 0.2) is 23.3 Å². The molecule has 1 atom stereocenters. The normalized spacial score (nSPS) is 21.1. The number of ketones is 1. The highest BCUT2D eigenvalue weighted by molar-refractivity contribution is 5.76. The number of carbonyl (C=O) groups excluding carboxylic acids is 1. The van der Waals surface area contributed by atoms with Gasteiger partial charge in [-0.2, -0.15) is 0 Å². The summed E-state index contributed by atoms with van der Waals surface area (Å²) >= 11 is 0. The maximum Gasteiger partial charge on any atom is 0.130 e. The highest BCUT2D eigenvalue weighted by atomic mass is 16.5. The standard InChI is InChI=1S/C18H30O2/c1-5-6-7-8-9-16(10-14(2)3)18-13-20-12-17(18)11-15(4)19/h17H,2,5-13H2,1,3-4H3/b18-16-. The summed E-state index contributed by atoms with van der Waals surface area (Å²) in [5.41, 5.74) is 4.08. The van der Waals surface area contributed by atoms with Crippen LogP contribution in [0.2, 0.25) is 0 Å².